The second-order valence-electron chi connectivity index (χ2n) is 4.27. The van der Waals surface area contributed by atoms with Gasteiger partial charge in [0.2, 0.25) is 0 Å². The summed E-state index contributed by atoms with van der Waals surface area (Å²) in [5.41, 5.74) is 0.789. The molecule has 2 rings (SSSR count). The minimum Gasteiger partial charge on any atom is -0.384 e. The Balaban J connectivity index is 1.84. The average Bonchev–Trinajstić information content (AvgIpc) is 2.75. The minimum absolute atomic E-state index is 0.206. The van der Waals surface area contributed by atoms with Crippen LogP contribution in [0.25, 0.3) is 0 Å². The van der Waals surface area contributed by atoms with Gasteiger partial charge in [0, 0.05) is 44.3 Å². The average molecular weight is 291 g/mol. The zero-order valence-corrected chi connectivity index (χ0v) is 11.6. The summed E-state index contributed by atoms with van der Waals surface area (Å²) in [6, 6.07) is 0. The summed E-state index contributed by atoms with van der Waals surface area (Å²) >= 11 is 7.13. The van der Waals surface area contributed by atoms with E-state index in [1.807, 2.05) is 0 Å². The van der Waals surface area contributed by atoms with Gasteiger partial charge in [-0.15, -0.1) is 5.10 Å². The van der Waals surface area contributed by atoms with E-state index in [-0.39, 0.29) is 5.91 Å². The number of hydrogen-bond donors (Lipinski definition) is 1. The summed E-state index contributed by atoms with van der Waals surface area (Å²) in [5, 5.41) is 13.2. The molecule has 1 aliphatic rings. The van der Waals surface area contributed by atoms with E-state index in [1.165, 1.54) is 18.5 Å². The Labute approximate surface area is 114 Å². The normalized spacial score (nSPS) is 18.9. The van der Waals surface area contributed by atoms with Crippen molar-refractivity contribution >= 4 is 29.0 Å². The van der Waals surface area contributed by atoms with Crippen molar-refractivity contribution in [1.29, 1.82) is 0 Å². The van der Waals surface area contributed by atoms with Crippen LogP contribution in [-0.4, -0.2) is 62.7 Å². The van der Waals surface area contributed by atoms with Crippen LogP contribution in [0, 0.1) is 0 Å². The van der Waals surface area contributed by atoms with Gasteiger partial charge in [-0.2, -0.15) is 0 Å². The molecular weight excluding hydrogens is 276 g/mol. The summed E-state index contributed by atoms with van der Waals surface area (Å²) in [6.45, 7) is 4.91. The SMILES string of the molecule is CC(O)C(=O)N1CCN(Cc2nnsc2Cl)CC1. The lowest BCUT2D eigenvalue weighted by molar-refractivity contribution is -0.141. The molecule has 0 aromatic carbocycles. The molecule has 1 aromatic rings. The number of piperazine rings is 1. The van der Waals surface area contributed by atoms with Crippen LogP contribution in [0.5, 0.6) is 0 Å². The first kappa shape index (κ1) is 13.7. The number of aromatic nitrogens is 2. The van der Waals surface area contributed by atoms with Crippen molar-refractivity contribution in [1.82, 2.24) is 19.4 Å². The quantitative estimate of drug-likeness (QED) is 0.862. The van der Waals surface area contributed by atoms with Gasteiger partial charge in [0.05, 0.1) is 0 Å². The molecule has 0 spiro atoms. The van der Waals surface area contributed by atoms with Gasteiger partial charge in [0.1, 0.15) is 16.1 Å². The third-order valence-corrected chi connectivity index (χ3v) is 3.91. The van der Waals surface area contributed by atoms with Gasteiger partial charge < -0.3 is 10.0 Å². The van der Waals surface area contributed by atoms with Crippen LogP contribution in [0.15, 0.2) is 0 Å². The Hall–Kier alpha value is -0.760. The van der Waals surface area contributed by atoms with E-state index < -0.39 is 6.10 Å². The molecule has 6 nitrogen and oxygen atoms in total. The second-order valence-corrected chi connectivity index (χ2v) is 5.63. The van der Waals surface area contributed by atoms with Crippen LogP contribution in [0.4, 0.5) is 0 Å². The highest BCUT2D eigenvalue weighted by atomic mass is 35.5. The third kappa shape index (κ3) is 3.17. The Morgan fingerprint density at radius 1 is 1.50 bits per heavy atom. The van der Waals surface area contributed by atoms with Gasteiger partial charge in [-0.05, 0) is 6.92 Å². The van der Waals surface area contributed by atoms with E-state index in [1.54, 1.807) is 4.90 Å². The summed E-state index contributed by atoms with van der Waals surface area (Å²) in [5.74, 6) is -0.206. The molecule has 100 valence electrons. The lowest BCUT2D eigenvalue weighted by Gasteiger charge is -2.34. The smallest absolute Gasteiger partial charge is 0.251 e. The predicted molar refractivity (Wildman–Crippen MR) is 68.5 cm³/mol. The van der Waals surface area contributed by atoms with Crippen LogP contribution in [0.2, 0.25) is 4.34 Å². The van der Waals surface area contributed by atoms with E-state index in [0.717, 1.165) is 18.8 Å². The number of nitrogens with zero attached hydrogens (tertiary/aromatic N) is 4. The largest absolute Gasteiger partial charge is 0.384 e. The van der Waals surface area contributed by atoms with E-state index in [0.29, 0.717) is 24.0 Å². The molecule has 8 heteroatoms. The Bertz CT molecular complexity index is 418. The molecule has 2 heterocycles. The van der Waals surface area contributed by atoms with E-state index >= 15 is 0 Å². The highest BCUT2D eigenvalue weighted by Gasteiger charge is 2.24. The predicted octanol–water partition coefficient (Wildman–Crippen LogP) is 0.216. The zero-order valence-electron chi connectivity index (χ0n) is 10.0. The van der Waals surface area contributed by atoms with Crippen molar-refractivity contribution in [2.75, 3.05) is 26.2 Å². The number of rotatable bonds is 3. The van der Waals surface area contributed by atoms with Crippen LogP contribution in [-0.2, 0) is 11.3 Å². The van der Waals surface area contributed by atoms with Crippen molar-refractivity contribution < 1.29 is 9.90 Å². The molecule has 18 heavy (non-hydrogen) atoms. The first-order valence-corrected chi connectivity index (χ1v) is 6.89. The molecule has 1 fully saturated rings. The number of amides is 1. The first-order chi connectivity index (χ1) is 8.58. The number of aliphatic hydroxyl groups excluding tert-OH is 1. The molecule has 0 radical (unpaired) electrons. The molecule has 1 aromatic heterocycles. The summed E-state index contributed by atoms with van der Waals surface area (Å²) in [6.07, 6.45) is -0.922. The number of carbonyl (C=O) groups excluding carboxylic acids is 1. The van der Waals surface area contributed by atoms with E-state index in [2.05, 4.69) is 14.5 Å². The maximum atomic E-state index is 11.6. The van der Waals surface area contributed by atoms with Gasteiger partial charge >= 0.3 is 0 Å². The highest BCUT2D eigenvalue weighted by Crippen LogP contribution is 2.19. The fourth-order valence-electron chi connectivity index (χ4n) is 1.89. The Kier molecular flexibility index (Phi) is 4.50. The molecule has 1 unspecified atom stereocenters. The summed E-state index contributed by atoms with van der Waals surface area (Å²) < 4.78 is 4.41. The fourth-order valence-corrected chi connectivity index (χ4v) is 2.51. The van der Waals surface area contributed by atoms with E-state index in [4.69, 9.17) is 11.6 Å². The van der Waals surface area contributed by atoms with E-state index in [9.17, 15) is 9.90 Å². The molecule has 1 saturated heterocycles. The lowest BCUT2D eigenvalue weighted by Crippen LogP contribution is -2.50. The monoisotopic (exact) mass is 290 g/mol. The van der Waals surface area contributed by atoms with Gasteiger partial charge in [-0.25, -0.2) is 0 Å². The Morgan fingerprint density at radius 2 is 2.17 bits per heavy atom. The Morgan fingerprint density at radius 3 is 2.67 bits per heavy atom. The van der Waals surface area contributed by atoms with Crippen molar-refractivity contribution in [3.8, 4) is 0 Å². The number of aliphatic hydroxyl groups is 1. The number of carbonyl (C=O) groups is 1. The maximum absolute atomic E-state index is 11.6. The minimum atomic E-state index is -0.922. The van der Waals surface area contributed by atoms with Gasteiger partial charge in [-0.3, -0.25) is 9.69 Å². The van der Waals surface area contributed by atoms with Crippen molar-refractivity contribution in [3.05, 3.63) is 10.0 Å². The van der Waals surface area contributed by atoms with Gasteiger partial charge in [-0.1, -0.05) is 16.1 Å². The standard InChI is InChI=1S/C10H15ClN4O2S/c1-7(16)10(17)15-4-2-14(3-5-15)6-8-9(11)18-13-12-8/h7,16H,2-6H2,1H3. The van der Waals surface area contributed by atoms with Crippen molar-refractivity contribution in [3.63, 3.8) is 0 Å². The van der Waals surface area contributed by atoms with Gasteiger partial charge in [0.15, 0.2) is 0 Å². The molecule has 1 atom stereocenters. The first-order valence-electron chi connectivity index (χ1n) is 5.74. The molecular formula is C10H15ClN4O2S. The van der Waals surface area contributed by atoms with Crippen molar-refractivity contribution in [2.24, 2.45) is 0 Å². The molecule has 1 N–H and O–H groups in total. The number of hydrogen-bond acceptors (Lipinski definition) is 6. The topological polar surface area (TPSA) is 69.6 Å². The van der Waals surface area contributed by atoms with Crippen LogP contribution >= 0.6 is 23.1 Å². The molecule has 0 aliphatic carbocycles. The maximum Gasteiger partial charge on any atom is 0.251 e. The zero-order chi connectivity index (χ0) is 13.1. The third-order valence-electron chi connectivity index (χ3n) is 2.92. The molecule has 0 saturated carbocycles. The van der Waals surface area contributed by atoms with Crippen LogP contribution < -0.4 is 0 Å². The summed E-state index contributed by atoms with van der Waals surface area (Å²) in [4.78, 5) is 15.4. The number of halogens is 1. The summed E-state index contributed by atoms with van der Waals surface area (Å²) in [7, 11) is 0. The fraction of sp³-hybridized carbons (Fsp3) is 0.700. The van der Waals surface area contributed by atoms with Crippen molar-refractivity contribution in [2.45, 2.75) is 19.6 Å². The molecule has 0 bridgehead atoms. The lowest BCUT2D eigenvalue weighted by atomic mass is 10.2. The molecule has 1 aliphatic heterocycles. The van der Waals surface area contributed by atoms with Crippen LogP contribution in [0.1, 0.15) is 12.6 Å². The van der Waals surface area contributed by atoms with Crippen LogP contribution in [0.3, 0.4) is 0 Å². The molecule has 1 amide bonds. The van der Waals surface area contributed by atoms with Gasteiger partial charge in [0.25, 0.3) is 5.91 Å². The highest BCUT2D eigenvalue weighted by molar-refractivity contribution is 7.10. The second kappa shape index (κ2) is 5.92.